The Labute approximate surface area is 126 Å². The fourth-order valence-electron chi connectivity index (χ4n) is 2.44. The van der Waals surface area contributed by atoms with Crippen molar-refractivity contribution in [2.75, 3.05) is 6.61 Å². The lowest BCUT2D eigenvalue weighted by molar-refractivity contribution is 0.331. The quantitative estimate of drug-likeness (QED) is 0.836. The van der Waals surface area contributed by atoms with E-state index in [1.165, 1.54) is 12.1 Å². The van der Waals surface area contributed by atoms with E-state index < -0.39 is 0 Å². The summed E-state index contributed by atoms with van der Waals surface area (Å²) < 4.78 is 18.6. The van der Waals surface area contributed by atoms with Crippen molar-refractivity contribution in [3.8, 4) is 5.75 Å². The number of hydrogen-bond donors (Lipinski definition) is 1. The second-order valence-electron chi connectivity index (χ2n) is 5.13. The van der Waals surface area contributed by atoms with Gasteiger partial charge in [-0.15, -0.1) is 0 Å². The van der Waals surface area contributed by atoms with E-state index in [4.69, 9.17) is 4.74 Å². The molecule has 2 rings (SSSR count). The van der Waals surface area contributed by atoms with Crippen molar-refractivity contribution in [1.82, 2.24) is 5.32 Å². The molecule has 0 spiro atoms. The van der Waals surface area contributed by atoms with Crippen LogP contribution in [0.5, 0.6) is 5.75 Å². The lowest BCUT2D eigenvalue weighted by atomic mass is 10.0. The maximum Gasteiger partial charge on any atom is 0.124 e. The fourth-order valence-corrected chi connectivity index (χ4v) is 2.44. The van der Waals surface area contributed by atoms with E-state index in [1.807, 2.05) is 37.3 Å². The first-order chi connectivity index (χ1) is 10.1. The molecule has 0 aliphatic heterocycles. The molecule has 2 atom stereocenters. The van der Waals surface area contributed by atoms with Crippen molar-refractivity contribution in [1.29, 1.82) is 0 Å². The van der Waals surface area contributed by atoms with Gasteiger partial charge in [0.1, 0.15) is 11.6 Å². The van der Waals surface area contributed by atoms with E-state index in [9.17, 15) is 4.39 Å². The Bertz CT molecular complexity index is 568. The molecule has 0 saturated heterocycles. The van der Waals surface area contributed by atoms with Crippen molar-refractivity contribution in [2.45, 2.75) is 32.9 Å². The van der Waals surface area contributed by atoms with Crippen molar-refractivity contribution >= 4 is 0 Å². The maximum atomic E-state index is 13.0. The average molecular weight is 287 g/mol. The number of halogens is 1. The summed E-state index contributed by atoms with van der Waals surface area (Å²) in [5.41, 5.74) is 2.20. The van der Waals surface area contributed by atoms with E-state index >= 15 is 0 Å². The molecule has 2 nitrogen and oxygen atoms in total. The van der Waals surface area contributed by atoms with E-state index in [0.717, 1.165) is 16.9 Å². The summed E-state index contributed by atoms with van der Waals surface area (Å²) in [4.78, 5) is 0. The molecule has 3 heteroatoms. The van der Waals surface area contributed by atoms with E-state index in [0.29, 0.717) is 6.61 Å². The van der Waals surface area contributed by atoms with Gasteiger partial charge in [0.15, 0.2) is 0 Å². The lowest BCUT2D eigenvalue weighted by Gasteiger charge is -2.22. The van der Waals surface area contributed by atoms with Gasteiger partial charge in [0.05, 0.1) is 6.61 Å². The standard InChI is InChI=1S/C18H22FNO/c1-4-21-18-8-6-5-7-17(18)14(3)20-13(2)15-9-11-16(19)12-10-15/h5-14,20H,4H2,1-3H3/t13-,14?/m0/s1. The first-order valence-electron chi connectivity index (χ1n) is 7.35. The Kier molecular flexibility index (Phi) is 5.34. The Balaban J connectivity index is 2.10. The van der Waals surface area contributed by atoms with E-state index in [2.05, 4.69) is 25.2 Å². The van der Waals surface area contributed by atoms with Crippen LogP contribution in [0.25, 0.3) is 0 Å². The number of ether oxygens (including phenoxy) is 1. The summed E-state index contributed by atoms with van der Waals surface area (Å²) in [6.07, 6.45) is 0. The van der Waals surface area contributed by atoms with Crippen LogP contribution in [0, 0.1) is 5.82 Å². The predicted octanol–water partition coefficient (Wildman–Crippen LogP) is 4.64. The molecule has 2 aromatic carbocycles. The number of para-hydroxylation sites is 1. The maximum absolute atomic E-state index is 13.0. The largest absolute Gasteiger partial charge is 0.494 e. The van der Waals surface area contributed by atoms with Crippen LogP contribution in [-0.4, -0.2) is 6.61 Å². The highest BCUT2D eigenvalue weighted by molar-refractivity contribution is 5.36. The Morgan fingerprint density at radius 2 is 1.67 bits per heavy atom. The summed E-state index contributed by atoms with van der Waals surface area (Å²) >= 11 is 0. The van der Waals surface area contributed by atoms with E-state index in [1.54, 1.807) is 0 Å². The molecule has 1 unspecified atom stereocenters. The van der Waals surface area contributed by atoms with Crippen LogP contribution in [0.15, 0.2) is 48.5 Å². The van der Waals surface area contributed by atoms with Crippen LogP contribution in [0.3, 0.4) is 0 Å². The van der Waals surface area contributed by atoms with E-state index in [-0.39, 0.29) is 17.9 Å². The third-order valence-corrected chi connectivity index (χ3v) is 3.56. The van der Waals surface area contributed by atoms with Crippen LogP contribution in [0.4, 0.5) is 4.39 Å². The summed E-state index contributed by atoms with van der Waals surface area (Å²) in [5.74, 6) is 0.701. The van der Waals surface area contributed by atoms with Gasteiger partial charge in [-0.2, -0.15) is 0 Å². The third-order valence-electron chi connectivity index (χ3n) is 3.56. The van der Waals surface area contributed by atoms with Gasteiger partial charge >= 0.3 is 0 Å². The Morgan fingerprint density at radius 3 is 2.33 bits per heavy atom. The molecule has 0 bridgehead atoms. The minimum Gasteiger partial charge on any atom is -0.494 e. The van der Waals surface area contributed by atoms with Gasteiger partial charge in [-0.3, -0.25) is 0 Å². The molecule has 0 fully saturated rings. The molecule has 0 aliphatic rings. The molecular formula is C18H22FNO. The van der Waals surface area contributed by atoms with Crippen LogP contribution in [0.2, 0.25) is 0 Å². The zero-order chi connectivity index (χ0) is 15.2. The fraction of sp³-hybridized carbons (Fsp3) is 0.333. The van der Waals surface area contributed by atoms with Crippen molar-refractivity contribution in [3.63, 3.8) is 0 Å². The number of hydrogen-bond acceptors (Lipinski definition) is 2. The average Bonchev–Trinajstić information content (AvgIpc) is 2.48. The highest BCUT2D eigenvalue weighted by Gasteiger charge is 2.14. The summed E-state index contributed by atoms with van der Waals surface area (Å²) in [5, 5.41) is 3.53. The van der Waals surface area contributed by atoms with Crippen molar-refractivity contribution in [2.24, 2.45) is 0 Å². The summed E-state index contributed by atoms with van der Waals surface area (Å²) in [7, 11) is 0. The van der Waals surface area contributed by atoms with Gasteiger partial charge in [-0.1, -0.05) is 30.3 Å². The molecule has 0 amide bonds. The normalized spacial score (nSPS) is 13.7. The monoisotopic (exact) mass is 287 g/mol. The minimum atomic E-state index is -0.208. The molecule has 0 heterocycles. The molecule has 2 aromatic rings. The minimum absolute atomic E-state index is 0.135. The van der Waals surface area contributed by atoms with Crippen LogP contribution in [0.1, 0.15) is 44.0 Å². The highest BCUT2D eigenvalue weighted by Crippen LogP contribution is 2.27. The molecule has 0 radical (unpaired) electrons. The van der Waals surface area contributed by atoms with Gasteiger partial charge in [0.25, 0.3) is 0 Å². The smallest absolute Gasteiger partial charge is 0.124 e. The van der Waals surface area contributed by atoms with Gasteiger partial charge in [0.2, 0.25) is 0 Å². The first kappa shape index (κ1) is 15.5. The molecule has 21 heavy (non-hydrogen) atoms. The van der Waals surface area contributed by atoms with Gasteiger partial charge in [-0.25, -0.2) is 4.39 Å². The molecule has 112 valence electrons. The number of rotatable bonds is 6. The van der Waals surface area contributed by atoms with Crippen molar-refractivity contribution in [3.05, 3.63) is 65.5 Å². The second-order valence-corrected chi connectivity index (χ2v) is 5.13. The molecule has 0 saturated carbocycles. The summed E-state index contributed by atoms with van der Waals surface area (Å²) in [6, 6.07) is 14.9. The molecule has 0 aromatic heterocycles. The number of nitrogens with one attached hydrogen (secondary N) is 1. The topological polar surface area (TPSA) is 21.3 Å². The van der Waals surface area contributed by atoms with Crippen LogP contribution >= 0.6 is 0 Å². The Morgan fingerprint density at radius 1 is 1.00 bits per heavy atom. The van der Waals surface area contributed by atoms with Gasteiger partial charge in [0, 0.05) is 17.6 Å². The first-order valence-corrected chi connectivity index (χ1v) is 7.35. The lowest BCUT2D eigenvalue weighted by Crippen LogP contribution is -2.23. The van der Waals surface area contributed by atoms with Gasteiger partial charge in [-0.05, 0) is 44.5 Å². The number of benzene rings is 2. The van der Waals surface area contributed by atoms with Gasteiger partial charge < -0.3 is 10.1 Å². The SMILES string of the molecule is CCOc1ccccc1C(C)N[C@@H](C)c1ccc(F)cc1. The van der Waals surface area contributed by atoms with Crippen LogP contribution in [-0.2, 0) is 0 Å². The zero-order valence-corrected chi connectivity index (χ0v) is 12.8. The Hall–Kier alpha value is -1.87. The van der Waals surface area contributed by atoms with Crippen LogP contribution < -0.4 is 10.1 Å². The highest BCUT2D eigenvalue weighted by atomic mass is 19.1. The van der Waals surface area contributed by atoms with Crippen molar-refractivity contribution < 1.29 is 9.13 Å². The predicted molar refractivity (Wildman–Crippen MR) is 84.0 cm³/mol. The molecular weight excluding hydrogens is 265 g/mol. The molecule has 0 aliphatic carbocycles. The second kappa shape index (κ2) is 7.23. The zero-order valence-electron chi connectivity index (χ0n) is 12.8. The molecule has 1 N–H and O–H groups in total. The summed E-state index contributed by atoms with van der Waals surface area (Å²) in [6.45, 7) is 6.82. The third kappa shape index (κ3) is 4.05.